The molecule has 0 saturated carbocycles. The van der Waals surface area contributed by atoms with Crippen molar-refractivity contribution in [3.63, 3.8) is 0 Å². The minimum absolute atomic E-state index is 0.159. The van der Waals surface area contributed by atoms with E-state index < -0.39 is 10.0 Å². The SMILES string of the molecule is Cc1ccc(C(=O)n2nc(C)c(S(=O)(=O)N3CCCC3)c2C)cc1C. The van der Waals surface area contributed by atoms with Crippen molar-refractivity contribution in [2.24, 2.45) is 0 Å². The lowest BCUT2D eigenvalue weighted by Gasteiger charge is -2.15. The fraction of sp³-hybridized carbons (Fsp3) is 0.444. The number of hydrogen-bond acceptors (Lipinski definition) is 4. The van der Waals surface area contributed by atoms with Gasteiger partial charge in [-0.3, -0.25) is 4.79 Å². The Kier molecular flexibility index (Phi) is 4.55. The number of carbonyl (C=O) groups is 1. The van der Waals surface area contributed by atoms with E-state index in [1.807, 2.05) is 26.0 Å². The molecule has 0 atom stereocenters. The van der Waals surface area contributed by atoms with Crippen LogP contribution in [-0.2, 0) is 10.0 Å². The largest absolute Gasteiger partial charge is 0.278 e. The number of rotatable bonds is 3. The van der Waals surface area contributed by atoms with Crippen molar-refractivity contribution < 1.29 is 13.2 Å². The van der Waals surface area contributed by atoms with Gasteiger partial charge in [-0.15, -0.1) is 0 Å². The number of benzene rings is 1. The molecule has 7 heteroatoms. The predicted molar refractivity (Wildman–Crippen MR) is 95.3 cm³/mol. The van der Waals surface area contributed by atoms with Crippen molar-refractivity contribution in [1.82, 2.24) is 14.1 Å². The molecule has 2 aromatic rings. The van der Waals surface area contributed by atoms with E-state index in [0.717, 1.165) is 24.0 Å². The number of nitrogens with zero attached hydrogens (tertiary/aromatic N) is 3. The molecule has 0 radical (unpaired) electrons. The molecule has 0 N–H and O–H groups in total. The summed E-state index contributed by atoms with van der Waals surface area (Å²) in [5.74, 6) is -0.313. The Labute approximate surface area is 148 Å². The van der Waals surface area contributed by atoms with Crippen molar-refractivity contribution in [2.45, 2.75) is 45.4 Å². The molecule has 1 saturated heterocycles. The predicted octanol–water partition coefficient (Wildman–Crippen LogP) is 2.59. The van der Waals surface area contributed by atoms with Gasteiger partial charge in [0.2, 0.25) is 10.0 Å². The zero-order valence-corrected chi connectivity index (χ0v) is 15.9. The van der Waals surface area contributed by atoms with E-state index in [1.165, 1.54) is 8.99 Å². The molecule has 0 aliphatic carbocycles. The summed E-state index contributed by atoms with van der Waals surface area (Å²) in [7, 11) is -3.61. The average molecular weight is 361 g/mol. The van der Waals surface area contributed by atoms with Gasteiger partial charge in [-0.25, -0.2) is 8.42 Å². The van der Waals surface area contributed by atoms with Crippen LogP contribution in [0.3, 0.4) is 0 Å². The van der Waals surface area contributed by atoms with Crippen molar-refractivity contribution in [3.8, 4) is 0 Å². The van der Waals surface area contributed by atoms with Crippen LogP contribution in [0.4, 0.5) is 0 Å². The third-order valence-corrected chi connectivity index (χ3v) is 6.99. The molecule has 2 heterocycles. The molecule has 0 unspecified atom stereocenters. The summed E-state index contributed by atoms with van der Waals surface area (Å²) in [6, 6.07) is 5.44. The van der Waals surface area contributed by atoms with Gasteiger partial charge in [0.05, 0.1) is 11.4 Å². The molecular formula is C18H23N3O3S. The molecule has 0 amide bonds. The molecular weight excluding hydrogens is 338 g/mol. The van der Waals surface area contributed by atoms with E-state index in [1.54, 1.807) is 19.9 Å². The Hall–Kier alpha value is -1.99. The lowest BCUT2D eigenvalue weighted by molar-refractivity contribution is 0.0942. The molecule has 1 fully saturated rings. The standard InChI is InChI=1S/C18H23N3O3S/c1-12-7-8-16(11-13(12)2)18(22)21-15(4)17(14(3)19-21)25(23,24)20-9-5-6-10-20/h7-8,11H,5-6,9-10H2,1-4H3. The quantitative estimate of drug-likeness (QED) is 0.842. The number of hydrogen-bond donors (Lipinski definition) is 0. The molecule has 0 bridgehead atoms. The van der Waals surface area contributed by atoms with Crippen LogP contribution in [0.2, 0.25) is 0 Å². The average Bonchev–Trinajstić information content (AvgIpc) is 3.18. The lowest BCUT2D eigenvalue weighted by Crippen LogP contribution is -2.29. The first-order valence-electron chi connectivity index (χ1n) is 8.42. The summed E-state index contributed by atoms with van der Waals surface area (Å²) in [5, 5.41) is 4.24. The molecule has 6 nitrogen and oxygen atoms in total. The zero-order valence-electron chi connectivity index (χ0n) is 15.0. The van der Waals surface area contributed by atoms with Gasteiger partial charge >= 0.3 is 0 Å². The van der Waals surface area contributed by atoms with Crippen LogP contribution in [0.15, 0.2) is 23.1 Å². The number of aromatic nitrogens is 2. The van der Waals surface area contributed by atoms with Crippen LogP contribution >= 0.6 is 0 Å². The minimum atomic E-state index is -3.61. The molecule has 1 aliphatic heterocycles. The highest BCUT2D eigenvalue weighted by atomic mass is 32.2. The molecule has 25 heavy (non-hydrogen) atoms. The minimum Gasteiger partial charge on any atom is -0.267 e. The summed E-state index contributed by atoms with van der Waals surface area (Å²) in [6.07, 6.45) is 1.74. The maximum atomic E-state index is 12.9. The molecule has 1 aromatic heterocycles. The van der Waals surface area contributed by atoms with Crippen molar-refractivity contribution in [1.29, 1.82) is 0 Å². The highest BCUT2D eigenvalue weighted by Gasteiger charge is 2.33. The normalized spacial score (nSPS) is 15.7. The van der Waals surface area contributed by atoms with Gasteiger partial charge in [-0.05, 0) is 63.8 Å². The van der Waals surface area contributed by atoms with Crippen molar-refractivity contribution >= 4 is 15.9 Å². The topological polar surface area (TPSA) is 72.3 Å². The second-order valence-corrected chi connectivity index (χ2v) is 8.50. The first kappa shape index (κ1) is 17.8. The first-order chi connectivity index (χ1) is 11.7. The van der Waals surface area contributed by atoms with Gasteiger partial charge in [0.25, 0.3) is 5.91 Å². The van der Waals surface area contributed by atoms with Crippen molar-refractivity contribution in [3.05, 3.63) is 46.3 Å². The van der Waals surface area contributed by atoms with Crippen molar-refractivity contribution in [2.75, 3.05) is 13.1 Å². The van der Waals surface area contributed by atoms with Gasteiger partial charge in [-0.2, -0.15) is 14.1 Å². The molecule has 3 rings (SSSR count). The number of sulfonamides is 1. The highest BCUT2D eigenvalue weighted by molar-refractivity contribution is 7.89. The lowest BCUT2D eigenvalue weighted by atomic mass is 10.1. The second kappa shape index (κ2) is 6.38. The third kappa shape index (κ3) is 3.02. The molecule has 134 valence electrons. The van der Waals surface area contributed by atoms with Crippen LogP contribution in [0.5, 0.6) is 0 Å². The monoisotopic (exact) mass is 361 g/mol. The van der Waals surface area contributed by atoms with E-state index in [9.17, 15) is 13.2 Å². The Morgan fingerprint density at radius 3 is 2.28 bits per heavy atom. The maximum Gasteiger partial charge on any atom is 0.278 e. The van der Waals surface area contributed by atoms with Gasteiger partial charge in [0, 0.05) is 18.7 Å². The fourth-order valence-electron chi connectivity index (χ4n) is 3.25. The summed E-state index contributed by atoms with van der Waals surface area (Å²) >= 11 is 0. The first-order valence-corrected chi connectivity index (χ1v) is 9.86. The van der Waals surface area contributed by atoms with Crippen LogP contribution in [0.1, 0.15) is 45.7 Å². The van der Waals surface area contributed by atoms with E-state index >= 15 is 0 Å². The number of carbonyl (C=O) groups excluding carboxylic acids is 1. The summed E-state index contributed by atoms with van der Waals surface area (Å²) in [5.41, 5.74) is 3.34. The van der Waals surface area contributed by atoms with E-state index in [-0.39, 0.29) is 10.8 Å². The second-order valence-electron chi connectivity index (χ2n) is 6.63. The fourth-order valence-corrected chi connectivity index (χ4v) is 5.12. The van der Waals surface area contributed by atoms with E-state index in [0.29, 0.717) is 30.0 Å². The Bertz CT molecular complexity index is 939. The van der Waals surface area contributed by atoms with Crippen LogP contribution in [0, 0.1) is 27.7 Å². The maximum absolute atomic E-state index is 12.9. The Morgan fingerprint density at radius 2 is 1.68 bits per heavy atom. The summed E-state index contributed by atoms with van der Waals surface area (Å²) in [6.45, 7) is 8.25. The van der Waals surface area contributed by atoms with E-state index in [4.69, 9.17) is 0 Å². The van der Waals surface area contributed by atoms with Gasteiger partial charge in [0.1, 0.15) is 4.90 Å². The van der Waals surface area contributed by atoms with Crippen LogP contribution in [0.25, 0.3) is 0 Å². The van der Waals surface area contributed by atoms with Gasteiger partial charge < -0.3 is 0 Å². The summed E-state index contributed by atoms with van der Waals surface area (Å²) < 4.78 is 28.5. The zero-order chi connectivity index (χ0) is 18.4. The smallest absolute Gasteiger partial charge is 0.267 e. The molecule has 1 aromatic carbocycles. The highest BCUT2D eigenvalue weighted by Crippen LogP contribution is 2.27. The van der Waals surface area contributed by atoms with Gasteiger partial charge in [-0.1, -0.05) is 6.07 Å². The third-order valence-electron chi connectivity index (χ3n) is 4.83. The van der Waals surface area contributed by atoms with Crippen LogP contribution in [-0.4, -0.2) is 41.5 Å². The van der Waals surface area contributed by atoms with Crippen LogP contribution < -0.4 is 0 Å². The number of aryl methyl sites for hydroxylation is 3. The Balaban J connectivity index is 2.05. The molecule has 0 spiro atoms. The van der Waals surface area contributed by atoms with E-state index in [2.05, 4.69) is 5.10 Å². The summed E-state index contributed by atoms with van der Waals surface area (Å²) in [4.78, 5) is 13.0. The Morgan fingerprint density at radius 1 is 1.04 bits per heavy atom. The van der Waals surface area contributed by atoms with Gasteiger partial charge in [0.15, 0.2) is 0 Å². The molecule has 1 aliphatic rings.